The number of ether oxygens (including phenoxy) is 1. The van der Waals surface area contributed by atoms with Crippen molar-refractivity contribution in [2.75, 3.05) is 7.11 Å². The average molecular weight is 163 g/mol. The minimum Gasteiger partial charge on any atom is -0.465 e. The molecule has 1 aromatic rings. The van der Waals surface area contributed by atoms with Crippen LogP contribution in [0.25, 0.3) is 0 Å². The topological polar surface area (TPSA) is 26.3 Å². The largest absolute Gasteiger partial charge is 0.465 e. The van der Waals surface area contributed by atoms with E-state index in [1.807, 2.05) is 13.8 Å². The first-order valence-corrected chi connectivity index (χ1v) is 3.72. The predicted octanol–water partition coefficient (Wildman–Crippen LogP) is 1.89. The third-order valence-electron chi connectivity index (χ3n) is 1.56. The summed E-state index contributed by atoms with van der Waals surface area (Å²) >= 11 is 0. The van der Waals surface area contributed by atoms with E-state index >= 15 is 0 Å². The van der Waals surface area contributed by atoms with Gasteiger partial charge in [0, 0.05) is 0 Å². The van der Waals surface area contributed by atoms with Crippen LogP contribution in [0.2, 0.25) is 0 Å². The van der Waals surface area contributed by atoms with Crippen molar-refractivity contribution >= 4 is 5.97 Å². The first-order chi connectivity index (χ1) is 5.63. The van der Waals surface area contributed by atoms with Crippen LogP contribution >= 0.6 is 0 Å². The fourth-order valence-electron chi connectivity index (χ4n) is 1.13. The minimum atomic E-state index is -0.296. The molecule has 1 rings (SSSR count). The van der Waals surface area contributed by atoms with Gasteiger partial charge in [-0.3, -0.25) is 0 Å². The van der Waals surface area contributed by atoms with Crippen molar-refractivity contribution in [3.8, 4) is 0 Å². The van der Waals surface area contributed by atoms with Crippen molar-refractivity contribution in [2.45, 2.75) is 13.8 Å². The van der Waals surface area contributed by atoms with Crippen molar-refractivity contribution < 1.29 is 9.53 Å². The Balaban J connectivity index is 3.08. The standard InChI is InChI=1S/C10H11O2/c1-7-4-8(2)6-9(5-7)10(11)12-3/h5-6H,1-3H3. The second kappa shape index (κ2) is 3.39. The lowest BCUT2D eigenvalue weighted by molar-refractivity contribution is 0.0600. The molecule has 1 aromatic carbocycles. The van der Waals surface area contributed by atoms with Gasteiger partial charge >= 0.3 is 5.97 Å². The molecule has 2 heteroatoms. The van der Waals surface area contributed by atoms with Crippen LogP contribution in [0, 0.1) is 19.9 Å². The Bertz CT molecular complexity index is 282. The number of aryl methyl sites for hydroxylation is 2. The molecule has 0 spiro atoms. The lowest BCUT2D eigenvalue weighted by Crippen LogP contribution is -2.01. The number of esters is 1. The number of rotatable bonds is 1. The van der Waals surface area contributed by atoms with Gasteiger partial charge in [-0.05, 0) is 43.2 Å². The maximum Gasteiger partial charge on any atom is 0.337 e. The van der Waals surface area contributed by atoms with Gasteiger partial charge in [-0.1, -0.05) is 0 Å². The van der Waals surface area contributed by atoms with Gasteiger partial charge in [0.2, 0.25) is 0 Å². The molecule has 0 N–H and O–H groups in total. The second-order valence-corrected chi connectivity index (χ2v) is 2.73. The van der Waals surface area contributed by atoms with Crippen LogP contribution in [0.1, 0.15) is 21.5 Å². The molecular weight excluding hydrogens is 152 g/mol. The SMILES string of the molecule is COC(=O)c1cc(C)[c]c(C)c1. The van der Waals surface area contributed by atoms with E-state index in [9.17, 15) is 4.79 Å². The van der Waals surface area contributed by atoms with Crippen LogP contribution in [0.15, 0.2) is 12.1 Å². The molecule has 0 saturated heterocycles. The second-order valence-electron chi connectivity index (χ2n) is 2.73. The van der Waals surface area contributed by atoms with Crippen molar-refractivity contribution in [2.24, 2.45) is 0 Å². The van der Waals surface area contributed by atoms with E-state index in [2.05, 4.69) is 10.8 Å². The molecule has 2 nitrogen and oxygen atoms in total. The molecule has 0 bridgehead atoms. The van der Waals surface area contributed by atoms with Crippen LogP contribution in [-0.4, -0.2) is 13.1 Å². The quantitative estimate of drug-likeness (QED) is 0.591. The average Bonchev–Trinajstić information content (AvgIpc) is 2.01. The van der Waals surface area contributed by atoms with Crippen LogP contribution in [0.3, 0.4) is 0 Å². The van der Waals surface area contributed by atoms with E-state index in [0.29, 0.717) is 5.56 Å². The molecule has 0 aliphatic rings. The van der Waals surface area contributed by atoms with E-state index in [0.717, 1.165) is 11.1 Å². The molecule has 63 valence electrons. The van der Waals surface area contributed by atoms with Crippen molar-refractivity contribution in [3.05, 3.63) is 34.9 Å². The molecule has 0 aromatic heterocycles. The maximum absolute atomic E-state index is 11.1. The summed E-state index contributed by atoms with van der Waals surface area (Å²) in [4.78, 5) is 11.1. The highest BCUT2D eigenvalue weighted by Gasteiger charge is 2.05. The fraction of sp³-hybridized carbons (Fsp3) is 0.300. The van der Waals surface area contributed by atoms with Crippen LogP contribution < -0.4 is 0 Å². The first kappa shape index (κ1) is 8.78. The molecule has 1 radical (unpaired) electrons. The molecule has 0 amide bonds. The highest BCUT2D eigenvalue weighted by atomic mass is 16.5. The Morgan fingerprint density at radius 3 is 2.25 bits per heavy atom. The predicted molar refractivity (Wildman–Crippen MR) is 46.1 cm³/mol. The van der Waals surface area contributed by atoms with Gasteiger partial charge < -0.3 is 4.74 Å². The molecular formula is C10H11O2. The van der Waals surface area contributed by atoms with E-state index in [-0.39, 0.29) is 5.97 Å². The summed E-state index contributed by atoms with van der Waals surface area (Å²) in [6.45, 7) is 3.80. The number of carbonyl (C=O) groups excluding carboxylic acids is 1. The molecule has 0 aliphatic heterocycles. The summed E-state index contributed by atoms with van der Waals surface area (Å²) in [6.07, 6.45) is 0. The van der Waals surface area contributed by atoms with Crippen LogP contribution in [0.4, 0.5) is 0 Å². The number of methoxy groups -OCH3 is 1. The Labute approximate surface area is 72.2 Å². The van der Waals surface area contributed by atoms with Gasteiger partial charge in [0.15, 0.2) is 0 Å². The molecule has 12 heavy (non-hydrogen) atoms. The zero-order valence-electron chi connectivity index (χ0n) is 7.47. The van der Waals surface area contributed by atoms with Crippen molar-refractivity contribution in [1.29, 1.82) is 0 Å². The van der Waals surface area contributed by atoms with Gasteiger partial charge in [-0.2, -0.15) is 0 Å². The smallest absolute Gasteiger partial charge is 0.337 e. The third-order valence-corrected chi connectivity index (χ3v) is 1.56. The maximum atomic E-state index is 11.1. The Kier molecular flexibility index (Phi) is 2.48. The molecule has 0 aliphatic carbocycles. The molecule has 0 unspecified atom stereocenters. The van der Waals surface area contributed by atoms with E-state index in [1.54, 1.807) is 12.1 Å². The van der Waals surface area contributed by atoms with Gasteiger partial charge in [0.25, 0.3) is 0 Å². The minimum absolute atomic E-state index is 0.296. The summed E-state index contributed by atoms with van der Waals surface area (Å²) in [7, 11) is 1.38. The van der Waals surface area contributed by atoms with E-state index in [4.69, 9.17) is 0 Å². The third kappa shape index (κ3) is 1.84. The molecule has 0 saturated carbocycles. The monoisotopic (exact) mass is 163 g/mol. The van der Waals surface area contributed by atoms with E-state index in [1.165, 1.54) is 7.11 Å². The summed E-state index contributed by atoms with van der Waals surface area (Å²) in [6, 6.07) is 6.61. The summed E-state index contributed by atoms with van der Waals surface area (Å²) in [5.41, 5.74) is 2.50. The lowest BCUT2D eigenvalue weighted by Gasteiger charge is -2.01. The highest BCUT2D eigenvalue weighted by Crippen LogP contribution is 2.08. The number of hydrogen-bond donors (Lipinski definition) is 0. The summed E-state index contributed by atoms with van der Waals surface area (Å²) < 4.78 is 4.59. The van der Waals surface area contributed by atoms with Gasteiger partial charge in [-0.25, -0.2) is 4.79 Å². The number of carbonyl (C=O) groups is 1. The van der Waals surface area contributed by atoms with Gasteiger partial charge in [0.05, 0.1) is 12.7 Å². The first-order valence-electron chi connectivity index (χ1n) is 3.72. The van der Waals surface area contributed by atoms with Crippen LogP contribution in [0.5, 0.6) is 0 Å². The van der Waals surface area contributed by atoms with Crippen molar-refractivity contribution in [3.63, 3.8) is 0 Å². The van der Waals surface area contributed by atoms with Crippen molar-refractivity contribution in [1.82, 2.24) is 0 Å². The zero-order chi connectivity index (χ0) is 9.14. The fourth-order valence-corrected chi connectivity index (χ4v) is 1.13. The zero-order valence-corrected chi connectivity index (χ0v) is 7.47. The number of hydrogen-bond acceptors (Lipinski definition) is 2. The van der Waals surface area contributed by atoms with Gasteiger partial charge in [0.1, 0.15) is 0 Å². The highest BCUT2D eigenvalue weighted by molar-refractivity contribution is 5.89. The van der Waals surface area contributed by atoms with Crippen LogP contribution in [-0.2, 0) is 4.74 Å². The lowest BCUT2D eigenvalue weighted by atomic mass is 10.1. The molecule has 0 fully saturated rings. The Morgan fingerprint density at radius 2 is 1.83 bits per heavy atom. The summed E-state index contributed by atoms with van der Waals surface area (Å²) in [5.74, 6) is -0.296. The number of benzene rings is 1. The van der Waals surface area contributed by atoms with Gasteiger partial charge in [-0.15, -0.1) is 0 Å². The molecule has 0 atom stereocenters. The Morgan fingerprint density at radius 1 is 1.33 bits per heavy atom. The van der Waals surface area contributed by atoms with E-state index < -0.39 is 0 Å². The normalized spacial score (nSPS) is 9.58. The summed E-state index contributed by atoms with van der Waals surface area (Å²) in [5, 5.41) is 0. The Hall–Kier alpha value is -1.31. The molecule has 0 heterocycles.